The van der Waals surface area contributed by atoms with Crippen LogP contribution in [0.4, 0.5) is 0 Å². The normalized spacial score (nSPS) is 14.1. The van der Waals surface area contributed by atoms with Crippen LogP contribution < -0.4 is 0 Å². The van der Waals surface area contributed by atoms with Crippen LogP contribution in [0.15, 0.2) is 12.7 Å². The number of unbranched alkanes of at least 4 members (excludes halogenated alkanes) is 4. The molecule has 118 valence electrons. The van der Waals surface area contributed by atoms with Gasteiger partial charge in [0, 0.05) is 13.5 Å². The first-order chi connectivity index (χ1) is 10.2. The van der Waals surface area contributed by atoms with Crippen molar-refractivity contribution in [3.8, 4) is 23.7 Å². The summed E-state index contributed by atoms with van der Waals surface area (Å²) in [6.07, 6.45) is 5.95. The van der Waals surface area contributed by atoms with Gasteiger partial charge in [0.1, 0.15) is 12.2 Å². The van der Waals surface area contributed by atoms with Gasteiger partial charge in [0.15, 0.2) is 0 Å². The lowest BCUT2D eigenvalue weighted by Gasteiger charge is -2.23. The molecule has 3 nitrogen and oxygen atoms in total. The van der Waals surface area contributed by atoms with Crippen LogP contribution in [-0.4, -0.2) is 35.6 Å². The number of ether oxygens (including phenoxy) is 1. The highest BCUT2D eigenvalue weighted by molar-refractivity contribution is 5.27. The second-order valence-electron chi connectivity index (χ2n) is 4.96. The Bertz CT molecular complexity index is 381. The molecule has 0 aliphatic rings. The minimum Gasteiger partial charge on any atom is -0.387 e. The fourth-order valence-electron chi connectivity index (χ4n) is 1.87. The third kappa shape index (κ3) is 10.2. The van der Waals surface area contributed by atoms with Crippen molar-refractivity contribution in [2.45, 2.75) is 70.2 Å². The summed E-state index contributed by atoms with van der Waals surface area (Å²) < 4.78 is 5.25. The Labute approximate surface area is 129 Å². The summed E-state index contributed by atoms with van der Waals surface area (Å²) >= 11 is 0. The van der Waals surface area contributed by atoms with Crippen molar-refractivity contribution < 1.29 is 14.9 Å². The van der Waals surface area contributed by atoms with Crippen molar-refractivity contribution in [3.05, 3.63) is 12.7 Å². The molecule has 0 saturated carbocycles. The van der Waals surface area contributed by atoms with E-state index in [9.17, 15) is 10.2 Å². The van der Waals surface area contributed by atoms with Crippen molar-refractivity contribution >= 4 is 0 Å². The van der Waals surface area contributed by atoms with E-state index in [1.54, 1.807) is 7.11 Å². The summed E-state index contributed by atoms with van der Waals surface area (Å²) in [5.41, 5.74) is 0. The zero-order valence-corrected chi connectivity index (χ0v) is 13.3. The number of hydrogen-bond donors (Lipinski definition) is 2. The van der Waals surface area contributed by atoms with Gasteiger partial charge in [0.05, 0.1) is 6.10 Å². The van der Waals surface area contributed by atoms with Crippen LogP contribution in [0.3, 0.4) is 0 Å². The molecule has 0 aliphatic heterocycles. The van der Waals surface area contributed by atoms with Gasteiger partial charge in [-0.2, -0.15) is 0 Å². The van der Waals surface area contributed by atoms with E-state index in [0.717, 1.165) is 38.5 Å². The van der Waals surface area contributed by atoms with Crippen molar-refractivity contribution in [1.82, 2.24) is 0 Å². The van der Waals surface area contributed by atoms with Crippen molar-refractivity contribution in [2.75, 3.05) is 7.11 Å². The number of rotatable bonds is 10. The summed E-state index contributed by atoms with van der Waals surface area (Å²) in [4.78, 5) is 0. The van der Waals surface area contributed by atoms with Crippen molar-refractivity contribution in [3.63, 3.8) is 0 Å². The van der Waals surface area contributed by atoms with E-state index in [1.807, 2.05) is 13.0 Å². The molecule has 0 aromatic carbocycles. The fourth-order valence-corrected chi connectivity index (χ4v) is 1.87. The number of methoxy groups -OCH3 is 1. The highest BCUT2D eigenvalue weighted by atomic mass is 16.5. The first kappa shape index (κ1) is 19.7. The first-order valence-corrected chi connectivity index (χ1v) is 7.65. The third-order valence-electron chi connectivity index (χ3n) is 3.15. The molecule has 3 atom stereocenters. The van der Waals surface area contributed by atoms with Crippen LogP contribution >= 0.6 is 0 Å². The molecule has 0 unspecified atom stereocenters. The Morgan fingerprint density at radius 1 is 1.19 bits per heavy atom. The predicted octanol–water partition coefficient (Wildman–Crippen LogP) is 2.67. The number of aliphatic hydroxyl groups is 2. The maximum atomic E-state index is 10.0. The molecule has 0 fully saturated rings. The summed E-state index contributed by atoms with van der Waals surface area (Å²) in [5.74, 6) is 10.7. The first-order valence-electron chi connectivity index (χ1n) is 7.65. The second kappa shape index (κ2) is 13.7. The minimum absolute atomic E-state index is 0.401. The standard InChI is InChI=1S/C18H28O3/c1-4-6-8-10-12-14-16(19)18(20)17(21-3)15-13-11-9-7-5-2/h5,16-20H,2,4,6-7,9,11,13,15H2,1,3H3/t16-,17+,18+/m1/s1. The summed E-state index contributed by atoms with van der Waals surface area (Å²) in [5, 5.41) is 19.9. The van der Waals surface area contributed by atoms with Gasteiger partial charge in [-0.05, 0) is 37.5 Å². The van der Waals surface area contributed by atoms with Crippen LogP contribution in [0, 0.1) is 23.7 Å². The Kier molecular flexibility index (Phi) is 12.9. The van der Waals surface area contributed by atoms with Crippen LogP contribution in [0.25, 0.3) is 0 Å². The predicted molar refractivity (Wildman–Crippen MR) is 86.6 cm³/mol. The lowest BCUT2D eigenvalue weighted by atomic mass is 10.0. The van der Waals surface area contributed by atoms with E-state index in [2.05, 4.69) is 30.3 Å². The molecule has 0 radical (unpaired) electrons. The molecule has 21 heavy (non-hydrogen) atoms. The number of aliphatic hydroxyl groups excluding tert-OH is 2. The van der Waals surface area contributed by atoms with Gasteiger partial charge < -0.3 is 14.9 Å². The van der Waals surface area contributed by atoms with Gasteiger partial charge in [-0.25, -0.2) is 0 Å². The van der Waals surface area contributed by atoms with Gasteiger partial charge >= 0.3 is 0 Å². The molecule has 0 amide bonds. The van der Waals surface area contributed by atoms with Crippen molar-refractivity contribution in [2.24, 2.45) is 0 Å². The Morgan fingerprint density at radius 3 is 2.57 bits per heavy atom. The lowest BCUT2D eigenvalue weighted by Crippen LogP contribution is -2.37. The van der Waals surface area contributed by atoms with E-state index in [1.165, 1.54) is 0 Å². The Balaban J connectivity index is 4.20. The number of hydrogen-bond acceptors (Lipinski definition) is 3. The molecule has 0 rings (SSSR count). The maximum Gasteiger partial charge on any atom is 0.144 e. The van der Waals surface area contributed by atoms with Gasteiger partial charge in [0.25, 0.3) is 0 Å². The molecule has 0 aliphatic carbocycles. The largest absolute Gasteiger partial charge is 0.387 e. The Morgan fingerprint density at radius 2 is 1.95 bits per heavy atom. The zero-order valence-electron chi connectivity index (χ0n) is 13.3. The van der Waals surface area contributed by atoms with E-state index < -0.39 is 18.3 Å². The van der Waals surface area contributed by atoms with E-state index in [-0.39, 0.29) is 0 Å². The molecule has 0 saturated heterocycles. The third-order valence-corrected chi connectivity index (χ3v) is 3.15. The molecular formula is C18H28O3. The highest BCUT2D eigenvalue weighted by Crippen LogP contribution is 2.13. The van der Waals surface area contributed by atoms with Crippen LogP contribution in [-0.2, 0) is 4.74 Å². The van der Waals surface area contributed by atoms with E-state index in [4.69, 9.17) is 4.74 Å². The quantitative estimate of drug-likeness (QED) is 0.370. The number of allylic oxidation sites excluding steroid dienone is 1. The van der Waals surface area contributed by atoms with E-state index >= 15 is 0 Å². The monoisotopic (exact) mass is 292 g/mol. The molecule has 0 spiro atoms. The van der Waals surface area contributed by atoms with Crippen molar-refractivity contribution in [1.29, 1.82) is 0 Å². The fraction of sp³-hybridized carbons (Fsp3) is 0.667. The van der Waals surface area contributed by atoms with Crippen LogP contribution in [0.2, 0.25) is 0 Å². The van der Waals surface area contributed by atoms with Gasteiger partial charge in [-0.1, -0.05) is 37.7 Å². The summed E-state index contributed by atoms with van der Waals surface area (Å²) in [7, 11) is 1.54. The summed E-state index contributed by atoms with van der Waals surface area (Å²) in [6.45, 7) is 5.72. The van der Waals surface area contributed by atoms with Crippen LogP contribution in [0.5, 0.6) is 0 Å². The average Bonchev–Trinajstić information content (AvgIpc) is 2.50. The van der Waals surface area contributed by atoms with Gasteiger partial charge in [0.2, 0.25) is 0 Å². The van der Waals surface area contributed by atoms with Gasteiger partial charge in [-0.15, -0.1) is 6.58 Å². The molecule has 0 heterocycles. The Hall–Kier alpha value is -1.26. The second-order valence-corrected chi connectivity index (χ2v) is 4.96. The zero-order chi connectivity index (χ0) is 15.9. The molecular weight excluding hydrogens is 264 g/mol. The topological polar surface area (TPSA) is 49.7 Å². The molecule has 0 aromatic heterocycles. The average molecular weight is 292 g/mol. The maximum absolute atomic E-state index is 10.0. The molecule has 0 bridgehead atoms. The molecule has 2 N–H and O–H groups in total. The van der Waals surface area contributed by atoms with Gasteiger partial charge in [-0.3, -0.25) is 0 Å². The lowest BCUT2D eigenvalue weighted by molar-refractivity contribution is -0.0611. The smallest absolute Gasteiger partial charge is 0.144 e. The SMILES string of the molecule is C=CCCCCC[C@H](OC)[C@@H](O)[C@H](O)C#CC#CCCC. The minimum atomic E-state index is -1.13. The van der Waals surface area contributed by atoms with Crippen LogP contribution in [0.1, 0.15) is 51.9 Å². The van der Waals surface area contributed by atoms with E-state index in [0.29, 0.717) is 6.42 Å². The molecule has 3 heteroatoms. The highest BCUT2D eigenvalue weighted by Gasteiger charge is 2.24. The molecule has 0 aromatic rings. The summed E-state index contributed by atoms with van der Waals surface area (Å²) in [6, 6.07) is 0.